The monoisotopic (exact) mass is 456 g/mol. The molecular formula is C20H24O8S2. The molecule has 1 N–H and O–H groups in total. The molecule has 2 aromatic rings. The molecule has 0 aromatic heterocycles. The summed E-state index contributed by atoms with van der Waals surface area (Å²) in [6.07, 6.45) is -5.08. The van der Waals surface area contributed by atoms with Crippen LogP contribution in [0.4, 0.5) is 0 Å². The van der Waals surface area contributed by atoms with Crippen LogP contribution in [0.2, 0.25) is 0 Å². The second-order valence-electron chi connectivity index (χ2n) is 7.26. The van der Waals surface area contributed by atoms with Gasteiger partial charge in [-0.2, -0.15) is 16.8 Å². The number of ether oxygens (including phenoxy) is 1. The highest BCUT2D eigenvalue weighted by Crippen LogP contribution is 2.30. The Kier molecular flexibility index (Phi) is 6.66. The Morgan fingerprint density at radius 1 is 0.833 bits per heavy atom. The number of aliphatic hydroxyl groups is 1. The number of benzene rings is 2. The van der Waals surface area contributed by atoms with E-state index < -0.39 is 44.8 Å². The molecule has 1 aliphatic heterocycles. The SMILES string of the molecule is Cc1ccc(S(=O)(=O)O[C@H]2[C@@H](C)O[C@@H](O)C[C@H]2OS(=O)(=O)c2ccc(C)cc2)cc1. The van der Waals surface area contributed by atoms with Crippen molar-refractivity contribution in [3.05, 3.63) is 59.7 Å². The van der Waals surface area contributed by atoms with Gasteiger partial charge in [-0.15, -0.1) is 0 Å². The van der Waals surface area contributed by atoms with Crippen molar-refractivity contribution >= 4 is 20.2 Å². The first kappa shape index (κ1) is 22.9. The van der Waals surface area contributed by atoms with Gasteiger partial charge in [-0.25, -0.2) is 0 Å². The smallest absolute Gasteiger partial charge is 0.297 e. The van der Waals surface area contributed by atoms with Gasteiger partial charge in [-0.05, 0) is 45.0 Å². The fraction of sp³-hybridized carbons (Fsp3) is 0.400. The van der Waals surface area contributed by atoms with Crippen LogP contribution in [0.25, 0.3) is 0 Å². The molecule has 30 heavy (non-hydrogen) atoms. The van der Waals surface area contributed by atoms with E-state index in [9.17, 15) is 21.9 Å². The highest BCUT2D eigenvalue weighted by Gasteiger charge is 2.43. The highest BCUT2D eigenvalue weighted by molar-refractivity contribution is 7.87. The van der Waals surface area contributed by atoms with E-state index in [2.05, 4.69) is 0 Å². The van der Waals surface area contributed by atoms with Crippen molar-refractivity contribution in [3.8, 4) is 0 Å². The van der Waals surface area contributed by atoms with Crippen LogP contribution < -0.4 is 0 Å². The molecule has 164 valence electrons. The van der Waals surface area contributed by atoms with Crippen LogP contribution >= 0.6 is 0 Å². The summed E-state index contributed by atoms with van der Waals surface area (Å²) in [5.41, 5.74) is 1.74. The van der Waals surface area contributed by atoms with Crippen LogP contribution in [0.3, 0.4) is 0 Å². The van der Waals surface area contributed by atoms with Crippen molar-refractivity contribution in [1.82, 2.24) is 0 Å². The van der Waals surface area contributed by atoms with E-state index in [0.717, 1.165) is 11.1 Å². The minimum absolute atomic E-state index is 0.0773. The second kappa shape index (κ2) is 8.74. The Bertz CT molecular complexity index is 1080. The van der Waals surface area contributed by atoms with Crippen molar-refractivity contribution in [2.75, 3.05) is 0 Å². The van der Waals surface area contributed by atoms with E-state index in [-0.39, 0.29) is 16.2 Å². The summed E-state index contributed by atoms with van der Waals surface area (Å²) >= 11 is 0. The van der Waals surface area contributed by atoms with Gasteiger partial charge in [0, 0.05) is 6.42 Å². The molecule has 0 amide bonds. The standard InChI is InChI=1S/C20H24O8S2/c1-13-4-8-16(9-5-13)29(22,23)27-18-12-19(21)26-15(3)20(18)28-30(24,25)17-10-6-14(2)7-11-17/h4-11,15,18-21H,12H2,1-3H3/t15-,18-,19-,20+/m1/s1. The van der Waals surface area contributed by atoms with Gasteiger partial charge in [0.25, 0.3) is 20.2 Å². The summed E-state index contributed by atoms with van der Waals surface area (Å²) in [4.78, 5) is -0.159. The molecule has 1 aliphatic rings. The quantitative estimate of drug-likeness (QED) is 0.658. The van der Waals surface area contributed by atoms with Gasteiger partial charge >= 0.3 is 0 Å². The molecule has 4 atom stereocenters. The van der Waals surface area contributed by atoms with E-state index in [1.165, 1.54) is 31.2 Å². The normalized spacial score (nSPS) is 25.2. The average molecular weight is 457 g/mol. The third-order valence-corrected chi connectivity index (χ3v) is 7.42. The highest BCUT2D eigenvalue weighted by atomic mass is 32.2. The van der Waals surface area contributed by atoms with Gasteiger partial charge in [0.05, 0.1) is 15.9 Å². The summed E-state index contributed by atoms with van der Waals surface area (Å²) in [6, 6.07) is 12.1. The zero-order valence-electron chi connectivity index (χ0n) is 16.8. The summed E-state index contributed by atoms with van der Waals surface area (Å²) < 4.78 is 66.7. The lowest BCUT2D eigenvalue weighted by atomic mass is 10.0. The van der Waals surface area contributed by atoms with Crippen LogP contribution in [-0.2, 0) is 33.3 Å². The topological polar surface area (TPSA) is 116 Å². The van der Waals surface area contributed by atoms with Gasteiger partial charge in [0.1, 0.15) is 12.2 Å². The van der Waals surface area contributed by atoms with Gasteiger partial charge in [0.2, 0.25) is 0 Å². The maximum absolute atomic E-state index is 12.7. The molecule has 3 rings (SSSR count). The molecule has 0 unspecified atom stereocenters. The molecule has 0 radical (unpaired) electrons. The first-order valence-electron chi connectivity index (χ1n) is 9.31. The van der Waals surface area contributed by atoms with Crippen molar-refractivity contribution in [3.63, 3.8) is 0 Å². The third-order valence-electron chi connectivity index (χ3n) is 4.74. The molecule has 2 aromatic carbocycles. The lowest BCUT2D eigenvalue weighted by molar-refractivity contribution is -0.214. The molecule has 0 saturated carbocycles. The molecule has 0 spiro atoms. The largest absolute Gasteiger partial charge is 0.368 e. The van der Waals surface area contributed by atoms with Crippen molar-refractivity contribution in [1.29, 1.82) is 0 Å². The zero-order chi connectivity index (χ0) is 22.1. The Hall–Kier alpha value is -1.82. The molecule has 1 saturated heterocycles. The number of rotatable bonds is 6. The van der Waals surface area contributed by atoms with E-state index in [1.54, 1.807) is 24.3 Å². The van der Waals surface area contributed by atoms with Crippen LogP contribution in [0.1, 0.15) is 24.5 Å². The number of hydrogen-bond acceptors (Lipinski definition) is 8. The van der Waals surface area contributed by atoms with Crippen LogP contribution in [0.15, 0.2) is 58.3 Å². The number of aliphatic hydroxyl groups excluding tert-OH is 1. The fourth-order valence-corrected chi connectivity index (χ4v) is 5.33. The molecule has 1 fully saturated rings. The summed E-state index contributed by atoms with van der Waals surface area (Å²) in [6.45, 7) is 5.11. The van der Waals surface area contributed by atoms with E-state index >= 15 is 0 Å². The van der Waals surface area contributed by atoms with Crippen LogP contribution in [0.5, 0.6) is 0 Å². The molecule has 8 nitrogen and oxygen atoms in total. The lowest BCUT2D eigenvalue weighted by Gasteiger charge is -2.37. The maximum Gasteiger partial charge on any atom is 0.297 e. The Morgan fingerprint density at radius 2 is 1.27 bits per heavy atom. The Balaban J connectivity index is 1.87. The molecule has 10 heteroatoms. The third kappa shape index (κ3) is 5.26. The molecular weight excluding hydrogens is 432 g/mol. The molecule has 0 aliphatic carbocycles. The Labute approximate surface area is 176 Å². The Morgan fingerprint density at radius 3 is 1.73 bits per heavy atom. The van der Waals surface area contributed by atoms with E-state index in [1.807, 2.05) is 13.8 Å². The predicted octanol–water partition coefficient (Wildman–Crippen LogP) is 2.28. The van der Waals surface area contributed by atoms with Crippen LogP contribution in [0, 0.1) is 13.8 Å². The number of aryl methyl sites for hydroxylation is 2. The van der Waals surface area contributed by atoms with Crippen molar-refractivity contribution in [2.24, 2.45) is 0 Å². The number of hydrogen-bond donors (Lipinski definition) is 1. The minimum Gasteiger partial charge on any atom is -0.368 e. The lowest BCUT2D eigenvalue weighted by Crippen LogP contribution is -2.50. The molecule has 1 heterocycles. The minimum atomic E-state index is -4.22. The molecule has 0 bridgehead atoms. The first-order valence-corrected chi connectivity index (χ1v) is 12.1. The average Bonchev–Trinajstić information content (AvgIpc) is 2.65. The summed E-state index contributed by atoms with van der Waals surface area (Å²) in [5, 5.41) is 9.92. The van der Waals surface area contributed by atoms with E-state index in [0.29, 0.717) is 0 Å². The first-order chi connectivity index (χ1) is 14.0. The predicted molar refractivity (Wildman–Crippen MR) is 108 cm³/mol. The van der Waals surface area contributed by atoms with Gasteiger partial charge in [0.15, 0.2) is 6.29 Å². The summed E-state index contributed by atoms with van der Waals surface area (Å²) in [7, 11) is -8.45. The maximum atomic E-state index is 12.7. The van der Waals surface area contributed by atoms with Crippen molar-refractivity contribution < 1.29 is 35.0 Å². The summed E-state index contributed by atoms with van der Waals surface area (Å²) in [5.74, 6) is 0. The fourth-order valence-electron chi connectivity index (χ4n) is 3.08. The zero-order valence-corrected chi connectivity index (χ0v) is 18.4. The van der Waals surface area contributed by atoms with Gasteiger partial charge < -0.3 is 9.84 Å². The van der Waals surface area contributed by atoms with Gasteiger partial charge in [-0.1, -0.05) is 35.4 Å². The van der Waals surface area contributed by atoms with Crippen LogP contribution in [-0.4, -0.2) is 46.5 Å². The van der Waals surface area contributed by atoms with E-state index in [4.69, 9.17) is 13.1 Å². The van der Waals surface area contributed by atoms with Gasteiger partial charge in [-0.3, -0.25) is 8.37 Å². The second-order valence-corrected chi connectivity index (χ2v) is 10.4. The van der Waals surface area contributed by atoms with Crippen molar-refractivity contribution in [2.45, 2.75) is 61.6 Å².